The van der Waals surface area contributed by atoms with Gasteiger partial charge in [0.1, 0.15) is 0 Å². The Hall–Kier alpha value is -2.52. The van der Waals surface area contributed by atoms with Crippen molar-refractivity contribution in [2.24, 2.45) is 0 Å². The molecule has 2 heterocycles. The maximum atomic E-state index is 7.59. The lowest BCUT2D eigenvalue weighted by atomic mass is 10.2. The van der Waals surface area contributed by atoms with E-state index in [9.17, 15) is 0 Å². The molecule has 0 radical (unpaired) electrons. The summed E-state index contributed by atoms with van der Waals surface area (Å²) in [7, 11) is 0. The van der Waals surface area contributed by atoms with Gasteiger partial charge in [0, 0.05) is 39.2 Å². The lowest BCUT2D eigenvalue weighted by Crippen LogP contribution is -2.23. The van der Waals surface area contributed by atoms with Gasteiger partial charge in [-0.15, -0.1) is 0 Å². The predicted octanol–water partition coefficient (Wildman–Crippen LogP) is 4.30. The Balaban J connectivity index is 1.86. The minimum absolute atomic E-state index is 0.0576. The highest BCUT2D eigenvalue weighted by molar-refractivity contribution is 5.16. The van der Waals surface area contributed by atoms with Crippen molar-refractivity contribution >= 4 is 0 Å². The molecule has 0 aliphatic carbocycles. The molecule has 1 aromatic carbocycles. The number of pyridine rings is 2. The summed E-state index contributed by atoms with van der Waals surface area (Å²) in [6.07, 6.45) is 0. The average molecular weight is 323 g/mol. The molecule has 0 saturated heterocycles. The summed E-state index contributed by atoms with van der Waals surface area (Å²) in [6.45, 7) is -3.15. The molecule has 3 rings (SSSR count). The van der Waals surface area contributed by atoms with Gasteiger partial charge in [0.15, 0.2) is 0 Å². The number of hydrogen-bond acceptors (Lipinski definition) is 3. The molecule has 0 aliphatic rings. The Labute approximate surface area is 152 Å². The summed E-state index contributed by atoms with van der Waals surface area (Å²) >= 11 is 0. The van der Waals surface area contributed by atoms with E-state index in [0.29, 0.717) is 31.0 Å². The van der Waals surface area contributed by atoms with Crippen LogP contribution in [0.15, 0.2) is 66.7 Å². The second kappa shape index (κ2) is 7.84. The van der Waals surface area contributed by atoms with Crippen LogP contribution in [0.25, 0.3) is 0 Å². The minimum atomic E-state index is -2.27. The van der Waals surface area contributed by atoms with Gasteiger partial charge in [-0.25, -0.2) is 0 Å². The lowest BCUT2D eigenvalue weighted by molar-refractivity contribution is 0.241. The molecule has 0 atom stereocenters. The normalized spacial score (nSPS) is 15.7. The molecule has 0 saturated carbocycles. The molecule has 0 N–H and O–H groups in total. The summed E-state index contributed by atoms with van der Waals surface area (Å²) in [6, 6.07) is 19.8. The van der Waals surface area contributed by atoms with Gasteiger partial charge in [-0.2, -0.15) is 0 Å². The first-order valence-electron chi connectivity index (χ1n) is 10.8. The molecule has 24 heavy (non-hydrogen) atoms. The summed E-state index contributed by atoms with van der Waals surface area (Å²) < 4.78 is 45.5. The van der Waals surface area contributed by atoms with Crippen molar-refractivity contribution < 1.29 is 8.22 Å². The summed E-state index contributed by atoms with van der Waals surface area (Å²) in [4.78, 5) is 10.7. The zero-order chi connectivity index (χ0) is 21.8. The van der Waals surface area contributed by atoms with Gasteiger partial charge in [-0.05, 0) is 43.5 Å². The van der Waals surface area contributed by atoms with Crippen LogP contribution in [-0.4, -0.2) is 14.9 Å². The van der Waals surface area contributed by atoms with Crippen LogP contribution < -0.4 is 0 Å². The largest absolute Gasteiger partial charge is 0.287 e. The first kappa shape index (κ1) is 10.4. The first-order valence-corrected chi connectivity index (χ1v) is 7.80. The van der Waals surface area contributed by atoms with Crippen LogP contribution in [0.3, 0.4) is 0 Å². The smallest absolute Gasteiger partial charge is 0.0547 e. The van der Waals surface area contributed by atoms with E-state index >= 15 is 0 Å². The molecule has 2 aromatic heterocycles. The van der Waals surface area contributed by atoms with Gasteiger partial charge in [-0.1, -0.05) is 42.5 Å². The third kappa shape index (κ3) is 4.74. The predicted molar refractivity (Wildman–Crippen MR) is 97.3 cm³/mol. The Morgan fingerprint density at radius 2 is 1.29 bits per heavy atom. The van der Waals surface area contributed by atoms with Crippen molar-refractivity contribution in [3.63, 3.8) is 0 Å². The van der Waals surface area contributed by atoms with Gasteiger partial charge in [-0.3, -0.25) is 14.9 Å². The van der Waals surface area contributed by atoms with Crippen molar-refractivity contribution in [3.8, 4) is 0 Å². The molecular formula is C21H23N3. The molecule has 122 valence electrons. The summed E-state index contributed by atoms with van der Waals surface area (Å²) in [5.41, 5.74) is 2.46. The van der Waals surface area contributed by atoms with Crippen LogP contribution >= 0.6 is 0 Å². The molecule has 0 unspecified atom stereocenters. The molecule has 0 bridgehead atoms. The molecule has 0 spiro atoms. The highest BCUT2D eigenvalue weighted by atomic mass is 15.1. The molecule has 3 nitrogen and oxygen atoms in total. The number of nitrogens with zero attached hydrogens (tertiary/aromatic N) is 3. The number of aromatic nitrogens is 2. The van der Waals surface area contributed by atoms with Crippen molar-refractivity contribution in [1.29, 1.82) is 0 Å². The third-order valence-electron chi connectivity index (χ3n) is 3.63. The fourth-order valence-electron chi connectivity index (χ4n) is 2.60. The molecule has 0 fully saturated rings. The van der Waals surface area contributed by atoms with Gasteiger partial charge in [0.05, 0.1) is 11.4 Å². The fraction of sp³-hybridized carbons (Fsp3) is 0.238. The van der Waals surface area contributed by atoms with Gasteiger partial charge in [0.25, 0.3) is 0 Å². The van der Waals surface area contributed by atoms with Crippen LogP contribution in [-0.2, 0) is 19.6 Å². The maximum Gasteiger partial charge on any atom is 0.0547 e. The van der Waals surface area contributed by atoms with E-state index in [4.69, 9.17) is 8.22 Å². The quantitative estimate of drug-likeness (QED) is 0.677. The standard InChI is InChI=1S/C21H23N3/c1-17-8-6-12-20(22-17)15-24(14-19-10-4-3-5-11-19)16-21-13-7-9-18(2)23-21/h3-13H,14-16H2,1-2H3/i1D3,2D3. The van der Waals surface area contributed by atoms with E-state index in [1.165, 1.54) is 12.1 Å². The average Bonchev–Trinajstić information content (AvgIpc) is 2.68. The van der Waals surface area contributed by atoms with E-state index < -0.39 is 13.7 Å². The Morgan fingerprint density at radius 3 is 1.83 bits per heavy atom. The van der Waals surface area contributed by atoms with Crippen LogP contribution in [0.2, 0.25) is 0 Å². The highest BCUT2D eigenvalue weighted by Crippen LogP contribution is 2.13. The van der Waals surface area contributed by atoms with Crippen LogP contribution in [0.1, 0.15) is 36.6 Å². The number of benzene rings is 1. The van der Waals surface area contributed by atoms with E-state index in [2.05, 4.69) is 14.9 Å². The highest BCUT2D eigenvalue weighted by Gasteiger charge is 2.10. The topological polar surface area (TPSA) is 29.0 Å². The molecule has 0 amide bonds. The van der Waals surface area contributed by atoms with E-state index in [0.717, 1.165) is 5.56 Å². The molecular weight excluding hydrogens is 294 g/mol. The lowest BCUT2D eigenvalue weighted by Gasteiger charge is -2.22. The molecule has 0 aliphatic heterocycles. The van der Waals surface area contributed by atoms with E-state index in [-0.39, 0.29) is 11.4 Å². The van der Waals surface area contributed by atoms with Gasteiger partial charge in [0.2, 0.25) is 0 Å². The number of rotatable bonds is 6. The minimum Gasteiger partial charge on any atom is -0.287 e. The fourth-order valence-corrected chi connectivity index (χ4v) is 2.60. The van der Waals surface area contributed by atoms with Crippen LogP contribution in [0, 0.1) is 13.7 Å². The Morgan fingerprint density at radius 1 is 0.708 bits per heavy atom. The second-order valence-corrected chi connectivity index (χ2v) is 5.66. The zero-order valence-electron chi connectivity index (χ0n) is 19.3. The summed E-state index contributed by atoms with van der Waals surface area (Å²) in [5.74, 6) is 0. The zero-order valence-corrected chi connectivity index (χ0v) is 13.3. The second-order valence-electron chi connectivity index (χ2n) is 5.66. The van der Waals surface area contributed by atoms with Gasteiger partial charge < -0.3 is 0 Å². The van der Waals surface area contributed by atoms with E-state index in [1.807, 2.05) is 30.3 Å². The monoisotopic (exact) mass is 323 g/mol. The molecule has 3 aromatic rings. The Kier molecular flexibility index (Phi) is 3.39. The maximum absolute atomic E-state index is 7.59. The van der Waals surface area contributed by atoms with Gasteiger partial charge >= 0.3 is 0 Å². The number of hydrogen-bond donors (Lipinski definition) is 0. The third-order valence-corrected chi connectivity index (χ3v) is 3.63. The van der Waals surface area contributed by atoms with E-state index in [1.54, 1.807) is 24.3 Å². The van der Waals surface area contributed by atoms with Crippen molar-refractivity contribution in [1.82, 2.24) is 14.9 Å². The summed E-state index contributed by atoms with van der Waals surface area (Å²) in [5, 5.41) is 0. The first-order chi connectivity index (χ1) is 14.1. The van der Waals surface area contributed by atoms with Crippen molar-refractivity contribution in [2.75, 3.05) is 0 Å². The molecule has 3 heteroatoms. The Bertz CT molecular complexity index is 911. The van der Waals surface area contributed by atoms with Crippen LogP contribution in [0.4, 0.5) is 0 Å². The SMILES string of the molecule is [2H]C([2H])([2H])c1cccc(CN(Cc2ccccc2)Cc2cccc(C([2H])([2H])[2H])n2)n1. The number of aryl methyl sites for hydroxylation is 2. The van der Waals surface area contributed by atoms with Crippen LogP contribution in [0.5, 0.6) is 0 Å². The van der Waals surface area contributed by atoms with Crippen molar-refractivity contribution in [3.05, 3.63) is 95.1 Å². The van der Waals surface area contributed by atoms with Crippen molar-refractivity contribution in [2.45, 2.75) is 33.3 Å².